The van der Waals surface area contributed by atoms with Crippen LogP contribution in [0.5, 0.6) is 0 Å². The molecule has 1 aliphatic carbocycles. The highest BCUT2D eigenvalue weighted by Gasteiger charge is 2.19. The normalized spacial score (nSPS) is 20.3. The number of hydrogen-bond acceptors (Lipinski definition) is 2. The van der Waals surface area contributed by atoms with Gasteiger partial charge in [-0.1, -0.05) is 27.2 Å². The monoisotopic (exact) mass is 212 g/mol. The third kappa shape index (κ3) is 4.67. The van der Waals surface area contributed by atoms with Crippen molar-refractivity contribution in [1.29, 1.82) is 0 Å². The van der Waals surface area contributed by atoms with Crippen LogP contribution in [0.3, 0.4) is 0 Å². The van der Waals surface area contributed by atoms with E-state index in [0.29, 0.717) is 18.3 Å². The summed E-state index contributed by atoms with van der Waals surface area (Å²) in [5.74, 6) is 0.994. The van der Waals surface area contributed by atoms with Gasteiger partial charge in [0.25, 0.3) is 0 Å². The molecule has 1 aliphatic rings. The van der Waals surface area contributed by atoms with E-state index in [9.17, 15) is 4.79 Å². The van der Waals surface area contributed by atoms with Gasteiger partial charge in [-0.3, -0.25) is 4.79 Å². The van der Waals surface area contributed by atoms with Crippen LogP contribution in [0.25, 0.3) is 0 Å². The fourth-order valence-corrected chi connectivity index (χ4v) is 1.92. The maximum atomic E-state index is 11.6. The number of esters is 1. The number of carbonyl (C=O) groups excluding carboxylic acids is 1. The minimum atomic E-state index is 0.00287. The van der Waals surface area contributed by atoms with Crippen LogP contribution in [0.1, 0.15) is 59.3 Å². The van der Waals surface area contributed by atoms with Crippen LogP contribution in [-0.2, 0) is 9.53 Å². The molecule has 0 aromatic heterocycles. The summed E-state index contributed by atoms with van der Waals surface area (Å²) in [7, 11) is 0. The average Bonchev–Trinajstić information content (AvgIpc) is 2.18. The molecule has 0 heterocycles. The van der Waals surface area contributed by atoms with Crippen LogP contribution in [0.2, 0.25) is 0 Å². The van der Waals surface area contributed by atoms with Gasteiger partial charge < -0.3 is 4.74 Å². The smallest absolute Gasteiger partial charge is 0.306 e. The van der Waals surface area contributed by atoms with Gasteiger partial charge in [0.15, 0.2) is 0 Å². The number of hydrogen-bond donors (Lipinski definition) is 0. The van der Waals surface area contributed by atoms with E-state index in [2.05, 4.69) is 20.8 Å². The molecule has 88 valence electrons. The molecule has 0 amide bonds. The van der Waals surface area contributed by atoms with Crippen molar-refractivity contribution in [3.63, 3.8) is 0 Å². The predicted molar refractivity (Wildman–Crippen MR) is 61.6 cm³/mol. The topological polar surface area (TPSA) is 26.3 Å². The predicted octanol–water partition coefficient (Wildman–Crippen LogP) is 3.54. The van der Waals surface area contributed by atoms with E-state index in [1.54, 1.807) is 0 Å². The van der Waals surface area contributed by atoms with Gasteiger partial charge in [0, 0.05) is 6.42 Å². The number of rotatable bonds is 4. The Balaban J connectivity index is 2.22. The Bertz CT molecular complexity index is 193. The third-order valence-corrected chi connectivity index (χ3v) is 3.48. The first-order valence-corrected chi connectivity index (χ1v) is 6.29. The number of ether oxygens (including phenoxy) is 1. The molecular formula is C13H24O2. The van der Waals surface area contributed by atoms with Crippen molar-refractivity contribution >= 4 is 5.97 Å². The highest BCUT2D eigenvalue weighted by atomic mass is 16.5. The van der Waals surface area contributed by atoms with Gasteiger partial charge in [-0.25, -0.2) is 0 Å². The van der Waals surface area contributed by atoms with Gasteiger partial charge in [-0.05, 0) is 37.5 Å². The minimum Gasteiger partial charge on any atom is -0.462 e. The lowest BCUT2D eigenvalue weighted by molar-refractivity contribution is -0.151. The maximum absolute atomic E-state index is 11.6. The van der Waals surface area contributed by atoms with Crippen LogP contribution in [0.4, 0.5) is 0 Å². The Morgan fingerprint density at radius 3 is 2.33 bits per heavy atom. The van der Waals surface area contributed by atoms with Gasteiger partial charge in [0.1, 0.15) is 6.10 Å². The van der Waals surface area contributed by atoms with E-state index in [1.165, 1.54) is 19.3 Å². The second-order valence-corrected chi connectivity index (χ2v) is 5.18. The summed E-state index contributed by atoms with van der Waals surface area (Å²) in [6.07, 6.45) is 6.68. The fourth-order valence-electron chi connectivity index (χ4n) is 1.92. The zero-order valence-corrected chi connectivity index (χ0v) is 10.3. The lowest BCUT2D eigenvalue weighted by Gasteiger charge is -2.23. The number of carbonyl (C=O) groups is 1. The Kier molecular flexibility index (Phi) is 5.13. The van der Waals surface area contributed by atoms with E-state index in [-0.39, 0.29) is 12.1 Å². The fraction of sp³-hybridized carbons (Fsp3) is 0.923. The summed E-state index contributed by atoms with van der Waals surface area (Å²) < 4.78 is 5.47. The van der Waals surface area contributed by atoms with E-state index in [4.69, 9.17) is 4.74 Å². The first kappa shape index (κ1) is 12.5. The Hall–Kier alpha value is -0.530. The summed E-state index contributed by atoms with van der Waals surface area (Å²) in [5.41, 5.74) is 0. The van der Waals surface area contributed by atoms with E-state index >= 15 is 0 Å². The molecule has 1 unspecified atom stereocenters. The second-order valence-electron chi connectivity index (χ2n) is 5.18. The molecule has 15 heavy (non-hydrogen) atoms. The molecule has 1 saturated carbocycles. The molecular weight excluding hydrogens is 188 g/mol. The van der Waals surface area contributed by atoms with Gasteiger partial charge >= 0.3 is 5.97 Å². The summed E-state index contributed by atoms with van der Waals surface area (Å²) in [6, 6.07) is 0. The Morgan fingerprint density at radius 2 is 1.80 bits per heavy atom. The first-order valence-electron chi connectivity index (χ1n) is 6.29. The molecule has 0 aromatic carbocycles. The molecule has 0 aliphatic heterocycles. The average molecular weight is 212 g/mol. The summed E-state index contributed by atoms with van der Waals surface area (Å²) in [4.78, 5) is 11.6. The Labute approximate surface area is 93.4 Å². The van der Waals surface area contributed by atoms with Crippen LogP contribution >= 0.6 is 0 Å². The molecule has 0 N–H and O–H groups in total. The van der Waals surface area contributed by atoms with Gasteiger partial charge in [-0.15, -0.1) is 0 Å². The van der Waals surface area contributed by atoms with Crippen LogP contribution < -0.4 is 0 Å². The molecule has 1 atom stereocenters. The van der Waals surface area contributed by atoms with Crippen molar-refractivity contribution in [3.05, 3.63) is 0 Å². The highest BCUT2D eigenvalue weighted by Crippen LogP contribution is 2.22. The van der Waals surface area contributed by atoms with Crippen molar-refractivity contribution in [2.45, 2.75) is 65.4 Å². The summed E-state index contributed by atoms with van der Waals surface area (Å²) in [6.45, 7) is 6.42. The van der Waals surface area contributed by atoms with Crippen LogP contribution in [0.15, 0.2) is 0 Å². The second kappa shape index (κ2) is 6.14. The molecule has 0 radical (unpaired) electrons. The summed E-state index contributed by atoms with van der Waals surface area (Å²) in [5, 5.41) is 0. The zero-order valence-electron chi connectivity index (χ0n) is 10.3. The summed E-state index contributed by atoms with van der Waals surface area (Å²) >= 11 is 0. The van der Waals surface area contributed by atoms with Gasteiger partial charge in [0.2, 0.25) is 0 Å². The highest BCUT2D eigenvalue weighted by molar-refractivity contribution is 5.69. The van der Waals surface area contributed by atoms with Gasteiger partial charge in [0.05, 0.1) is 0 Å². The molecule has 1 fully saturated rings. The Morgan fingerprint density at radius 1 is 1.20 bits per heavy atom. The molecule has 0 spiro atoms. The largest absolute Gasteiger partial charge is 0.462 e. The maximum Gasteiger partial charge on any atom is 0.306 e. The third-order valence-electron chi connectivity index (χ3n) is 3.48. The van der Waals surface area contributed by atoms with E-state index in [1.807, 2.05) is 0 Å². The van der Waals surface area contributed by atoms with Crippen molar-refractivity contribution in [2.24, 2.45) is 11.8 Å². The van der Waals surface area contributed by atoms with E-state index < -0.39 is 0 Å². The molecule has 2 nitrogen and oxygen atoms in total. The minimum absolute atomic E-state index is 0.00287. The molecule has 0 bridgehead atoms. The van der Waals surface area contributed by atoms with Crippen LogP contribution in [0, 0.1) is 11.8 Å². The van der Waals surface area contributed by atoms with E-state index in [0.717, 1.165) is 12.8 Å². The molecule has 1 rings (SSSR count). The molecule has 0 saturated heterocycles. The van der Waals surface area contributed by atoms with Crippen molar-refractivity contribution in [2.75, 3.05) is 0 Å². The van der Waals surface area contributed by atoms with Crippen molar-refractivity contribution < 1.29 is 9.53 Å². The van der Waals surface area contributed by atoms with Crippen LogP contribution in [-0.4, -0.2) is 12.1 Å². The first-order chi connectivity index (χ1) is 7.09. The standard InChI is InChI=1S/C13H24O2/c1-10(2)11(3)9-13(14)15-12-7-5-4-6-8-12/h10-12H,4-9H2,1-3H3. The van der Waals surface area contributed by atoms with Gasteiger partial charge in [-0.2, -0.15) is 0 Å². The lowest BCUT2D eigenvalue weighted by Crippen LogP contribution is -2.22. The van der Waals surface area contributed by atoms with Crippen molar-refractivity contribution in [3.8, 4) is 0 Å². The molecule has 0 aromatic rings. The lowest BCUT2D eigenvalue weighted by atomic mass is 9.94. The quantitative estimate of drug-likeness (QED) is 0.666. The van der Waals surface area contributed by atoms with Crippen molar-refractivity contribution in [1.82, 2.24) is 0 Å². The zero-order chi connectivity index (χ0) is 11.3. The SMILES string of the molecule is CC(C)C(C)CC(=O)OC1CCCCC1. The molecule has 2 heteroatoms.